The van der Waals surface area contributed by atoms with Gasteiger partial charge in [0.2, 0.25) is 21.8 Å². The number of carbonyl (C=O) groups is 2. The van der Waals surface area contributed by atoms with Crippen molar-refractivity contribution in [2.45, 2.75) is 64.1 Å². The minimum Gasteiger partial charge on any atom is -0.352 e. The van der Waals surface area contributed by atoms with Gasteiger partial charge in [-0.15, -0.1) is 0 Å². The maximum atomic E-state index is 14.2. The summed E-state index contributed by atoms with van der Waals surface area (Å²) >= 11 is 3.46. The molecule has 0 aromatic heterocycles. The van der Waals surface area contributed by atoms with Crippen LogP contribution in [0.1, 0.15) is 49.3 Å². The van der Waals surface area contributed by atoms with Crippen LogP contribution in [0.2, 0.25) is 0 Å². The topological polar surface area (TPSA) is 86.8 Å². The fraction of sp³-hybridized carbons (Fsp3) is 0.375. The van der Waals surface area contributed by atoms with E-state index in [1.165, 1.54) is 0 Å². The van der Waals surface area contributed by atoms with E-state index in [4.69, 9.17) is 0 Å². The molecule has 3 aromatic carbocycles. The smallest absolute Gasteiger partial charge is 0.244 e. The second-order valence-corrected chi connectivity index (χ2v) is 13.5. The van der Waals surface area contributed by atoms with Gasteiger partial charge in [0.15, 0.2) is 0 Å². The first-order valence-corrected chi connectivity index (χ1v) is 16.7. The lowest BCUT2D eigenvalue weighted by Crippen LogP contribution is -2.54. The summed E-state index contributed by atoms with van der Waals surface area (Å²) < 4.78 is 27.9. The molecule has 0 heterocycles. The van der Waals surface area contributed by atoms with E-state index in [0.717, 1.165) is 63.8 Å². The second kappa shape index (κ2) is 14.1. The van der Waals surface area contributed by atoms with Crippen LogP contribution in [0.15, 0.2) is 83.3 Å². The van der Waals surface area contributed by atoms with Crippen LogP contribution < -0.4 is 9.62 Å². The zero-order chi connectivity index (χ0) is 29.4. The van der Waals surface area contributed by atoms with Crippen LogP contribution >= 0.6 is 15.9 Å². The summed E-state index contributed by atoms with van der Waals surface area (Å²) in [4.78, 5) is 29.6. The SMILES string of the molecule is CCc1ccc(N(CC(=O)N(Cc2ccc(Br)cc2)[C@H](Cc2ccccc2)C(=O)NC2CCCC2)S(C)(=O)=O)cc1. The third-order valence-corrected chi connectivity index (χ3v) is 9.22. The van der Waals surface area contributed by atoms with Crippen LogP contribution in [0.25, 0.3) is 0 Å². The fourth-order valence-electron chi connectivity index (χ4n) is 5.22. The number of anilines is 1. The molecule has 3 aromatic rings. The van der Waals surface area contributed by atoms with E-state index in [1.807, 2.05) is 73.7 Å². The molecule has 0 bridgehead atoms. The summed E-state index contributed by atoms with van der Waals surface area (Å²) in [6.45, 7) is 1.77. The number of halogens is 1. The van der Waals surface area contributed by atoms with Crippen LogP contribution in [0.3, 0.4) is 0 Å². The van der Waals surface area contributed by atoms with Crippen molar-refractivity contribution >= 4 is 43.5 Å². The van der Waals surface area contributed by atoms with Crippen LogP contribution in [0.4, 0.5) is 5.69 Å². The number of amides is 2. The van der Waals surface area contributed by atoms with Crippen molar-refractivity contribution in [3.63, 3.8) is 0 Å². The number of carbonyl (C=O) groups excluding carboxylic acids is 2. The molecule has 7 nitrogen and oxygen atoms in total. The van der Waals surface area contributed by atoms with Gasteiger partial charge in [-0.25, -0.2) is 8.42 Å². The van der Waals surface area contributed by atoms with Crippen LogP contribution in [-0.4, -0.2) is 50.0 Å². The number of hydrogen-bond donors (Lipinski definition) is 1. The highest BCUT2D eigenvalue weighted by molar-refractivity contribution is 9.10. The Morgan fingerprint density at radius 3 is 2.10 bits per heavy atom. The van der Waals surface area contributed by atoms with Crippen molar-refractivity contribution in [1.29, 1.82) is 0 Å². The van der Waals surface area contributed by atoms with Crippen LogP contribution in [-0.2, 0) is 39.0 Å². The van der Waals surface area contributed by atoms with Crippen molar-refractivity contribution in [2.24, 2.45) is 0 Å². The molecule has 0 aliphatic heterocycles. The Morgan fingerprint density at radius 2 is 1.51 bits per heavy atom. The highest BCUT2D eigenvalue weighted by Crippen LogP contribution is 2.23. The molecule has 1 saturated carbocycles. The minimum absolute atomic E-state index is 0.0787. The number of benzene rings is 3. The van der Waals surface area contributed by atoms with Gasteiger partial charge in [0, 0.05) is 23.5 Å². The number of nitrogens with zero attached hydrogens (tertiary/aromatic N) is 2. The molecule has 0 saturated heterocycles. The number of hydrogen-bond acceptors (Lipinski definition) is 4. The molecular weight excluding hydrogens is 602 g/mol. The molecule has 1 N–H and O–H groups in total. The Bertz CT molecular complexity index is 1410. The molecule has 1 aliphatic rings. The lowest BCUT2D eigenvalue weighted by Gasteiger charge is -2.34. The maximum absolute atomic E-state index is 14.2. The van der Waals surface area contributed by atoms with E-state index in [1.54, 1.807) is 17.0 Å². The zero-order valence-corrected chi connectivity index (χ0v) is 26.0. The molecule has 0 radical (unpaired) electrons. The monoisotopic (exact) mass is 639 g/mol. The lowest BCUT2D eigenvalue weighted by molar-refractivity contribution is -0.140. The number of sulfonamides is 1. The van der Waals surface area contributed by atoms with Gasteiger partial charge in [-0.3, -0.25) is 13.9 Å². The Labute approximate surface area is 252 Å². The maximum Gasteiger partial charge on any atom is 0.244 e. The van der Waals surface area contributed by atoms with Gasteiger partial charge in [-0.1, -0.05) is 90.3 Å². The first-order chi connectivity index (χ1) is 19.6. The predicted molar refractivity (Wildman–Crippen MR) is 167 cm³/mol. The highest BCUT2D eigenvalue weighted by Gasteiger charge is 2.34. The zero-order valence-electron chi connectivity index (χ0n) is 23.6. The van der Waals surface area contributed by atoms with E-state index in [-0.39, 0.29) is 18.5 Å². The van der Waals surface area contributed by atoms with E-state index >= 15 is 0 Å². The normalized spacial score (nSPS) is 14.4. The summed E-state index contributed by atoms with van der Waals surface area (Å²) in [7, 11) is -3.79. The molecule has 4 rings (SSSR count). The minimum atomic E-state index is -3.79. The van der Waals surface area contributed by atoms with E-state index < -0.39 is 28.5 Å². The Morgan fingerprint density at radius 1 is 0.902 bits per heavy atom. The Balaban J connectivity index is 1.71. The largest absolute Gasteiger partial charge is 0.352 e. The summed E-state index contributed by atoms with van der Waals surface area (Å²) in [6, 6.07) is 23.6. The van der Waals surface area contributed by atoms with Crippen molar-refractivity contribution < 1.29 is 18.0 Å². The van der Waals surface area contributed by atoms with Crippen LogP contribution in [0, 0.1) is 0 Å². The van der Waals surface area contributed by atoms with Crippen molar-refractivity contribution in [3.8, 4) is 0 Å². The van der Waals surface area contributed by atoms with Crippen molar-refractivity contribution in [2.75, 3.05) is 17.1 Å². The average Bonchev–Trinajstić information content (AvgIpc) is 3.47. The molecule has 1 atom stereocenters. The Kier molecular flexibility index (Phi) is 10.6. The van der Waals surface area contributed by atoms with Gasteiger partial charge in [0.25, 0.3) is 0 Å². The third-order valence-electron chi connectivity index (χ3n) is 7.55. The molecular formula is C32H38BrN3O4S. The summed E-state index contributed by atoms with van der Waals surface area (Å²) in [5.74, 6) is -0.662. The number of nitrogens with one attached hydrogen (secondary N) is 1. The van der Waals surface area contributed by atoms with Gasteiger partial charge in [0.1, 0.15) is 12.6 Å². The number of rotatable bonds is 12. The van der Waals surface area contributed by atoms with Gasteiger partial charge in [-0.05, 0) is 60.2 Å². The summed E-state index contributed by atoms with van der Waals surface area (Å²) in [6.07, 6.45) is 6.19. The first kappa shape index (κ1) is 30.8. The third kappa shape index (κ3) is 8.66. The summed E-state index contributed by atoms with van der Waals surface area (Å²) in [5, 5.41) is 3.19. The average molecular weight is 641 g/mol. The van der Waals surface area contributed by atoms with Gasteiger partial charge >= 0.3 is 0 Å². The molecule has 1 fully saturated rings. The fourth-order valence-corrected chi connectivity index (χ4v) is 6.33. The molecule has 0 spiro atoms. The quantitative estimate of drug-likeness (QED) is 0.284. The van der Waals surface area contributed by atoms with E-state index in [2.05, 4.69) is 21.2 Å². The summed E-state index contributed by atoms with van der Waals surface area (Å²) in [5.41, 5.74) is 3.24. The second-order valence-electron chi connectivity index (χ2n) is 10.6. The van der Waals surface area contributed by atoms with E-state index in [0.29, 0.717) is 12.1 Å². The molecule has 41 heavy (non-hydrogen) atoms. The van der Waals surface area contributed by atoms with Crippen molar-refractivity contribution in [1.82, 2.24) is 10.2 Å². The van der Waals surface area contributed by atoms with Crippen LogP contribution in [0.5, 0.6) is 0 Å². The number of aryl methyl sites for hydroxylation is 1. The molecule has 2 amide bonds. The van der Waals surface area contributed by atoms with Gasteiger partial charge < -0.3 is 10.2 Å². The predicted octanol–water partition coefficient (Wildman–Crippen LogP) is 5.48. The van der Waals surface area contributed by atoms with Gasteiger partial charge in [-0.2, -0.15) is 0 Å². The van der Waals surface area contributed by atoms with Crippen molar-refractivity contribution in [3.05, 3.63) is 100 Å². The molecule has 1 aliphatic carbocycles. The highest BCUT2D eigenvalue weighted by atomic mass is 79.9. The standard InChI is InChI=1S/C32H38BrN3O4S/c1-3-24-15-19-29(20-16-24)36(41(2,39)40)23-31(37)35(22-26-13-17-27(33)18-14-26)30(21-25-9-5-4-6-10-25)32(38)34-28-11-7-8-12-28/h4-6,9-10,13-20,28,30H,3,7-8,11-12,21-23H2,1-2H3,(H,34,38)/t30-/m1/s1. The molecule has 9 heteroatoms. The van der Waals surface area contributed by atoms with E-state index in [9.17, 15) is 18.0 Å². The van der Waals surface area contributed by atoms with Gasteiger partial charge in [0.05, 0.1) is 11.9 Å². The first-order valence-electron chi connectivity index (χ1n) is 14.1. The molecule has 218 valence electrons. The lowest BCUT2D eigenvalue weighted by atomic mass is 10.0. The molecule has 0 unspecified atom stereocenters. The Hall–Kier alpha value is -3.17.